The summed E-state index contributed by atoms with van der Waals surface area (Å²) in [6, 6.07) is 8.73. The average molecular weight is 384 g/mol. The number of pyridine rings is 1. The Morgan fingerprint density at radius 3 is 2.48 bits per heavy atom. The Morgan fingerprint density at radius 1 is 1.16 bits per heavy atom. The van der Waals surface area contributed by atoms with E-state index in [0.29, 0.717) is 23.7 Å². The summed E-state index contributed by atoms with van der Waals surface area (Å²) in [6.07, 6.45) is 1.95. The highest BCUT2D eigenvalue weighted by Crippen LogP contribution is 2.14. The van der Waals surface area contributed by atoms with Crippen LogP contribution in [0.4, 0.5) is 5.69 Å². The number of aryl methyl sites for hydroxylation is 1. The fourth-order valence-electron chi connectivity index (χ4n) is 2.14. The summed E-state index contributed by atoms with van der Waals surface area (Å²) in [5, 5.41) is 3.01. The van der Waals surface area contributed by atoms with Crippen LogP contribution in [-0.2, 0) is 21.4 Å². The van der Waals surface area contributed by atoms with E-state index in [9.17, 15) is 18.0 Å². The molecule has 0 bridgehead atoms. The average Bonchev–Trinajstić information content (AvgIpc) is 2.54. The van der Waals surface area contributed by atoms with Gasteiger partial charge in [-0.2, -0.15) is 0 Å². The van der Waals surface area contributed by atoms with Gasteiger partial charge in [0.05, 0.1) is 9.92 Å². The number of nitrogens with zero attached hydrogens (tertiary/aromatic N) is 1. The summed E-state index contributed by atoms with van der Waals surface area (Å²) in [6.45, 7) is 1.90. The molecule has 2 N–H and O–H groups in total. The van der Waals surface area contributed by atoms with Crippen LogP contribution in [0.15, 0.2) is 52.3 Å². The molecular formula is C16H18ClN3O4S. The maximum Gasteiger partial charge on any atom is 0.250 e. The minimum Gasteiger partial charge on any atom is -0.326 e. The molecule has 0 saturated heterocycles. The first-order valence-corrected chi connectivity index (χ1v) is 9.37. The minimum absolute atomic E-state index is 0.0986. The van der Waals surface area contributed by atoms with Crippen molar-refractivity contribution in [1.29, 1.82) is 0 Å². The number of sulfonamides is 1. The second kappa shape index (κ2) is 8.28. The number of nitrogens with one attached hydrogen (secondary N) is 2. The molecule has 0 atom stereocenters. The van der Waals surface area contributed by atoms with Crippen LogP contribution in [0.1, 0.15) is 13.3 Å². The molecule has 0 aliphatic carbocycles. The largest absolute Gasteiger partial charge is 0.326 e. The molecular weight excluding hydrogens is 366 g/mol. The van der Waals surface area contributed by atoms with Gasteiger partial charge in [-0.05, 0) is 36.8 Å². The van der Waals surface area contributed by atoms with Crippen molar-refractivity contribution in [2.45, 2.75) is 24.8 Å². The third kappa shape index (κ3) is 5.70. The molecule has 0 saturated carbocycles. The molecule has 0 unspecified atom stereocenters. The summed E-state index contributed by atoms with van der Waals surface area (Å²) in [4.78, 5) is 22.7. The molecule has 1 heterocycles. The lowest BCUT2D eigenvalue weighted by atomic mass is 10.3. The molecule has 1 aromatic heterocycles. The van der Waals surface area contributed by atoms with E-state index in [1.807, 2.05) is 0 Å². The van der Waals surface area contributed by atoms with Crippen molar-refractivity contribution >= 4 is 33.2 Å². The summed E-state index contributed by atoms with van der Waals surface area (Å²) < 4.78 is 28.3. The molecule has 9 heteroatoms. The molecule has 134 valence electrons. The molecule has 1 aromatic carbocycles. The van der Waals surface area contributed by atoms with Crippen LogP contribution in [0, 0.1) is 0 Å². The van der Waals surface area contributed by atoms with Gasteiger partial charge in [-0.15, -0.1) is 0 Å². The van der Waals surface area contributed by atoms with Crippen molar-refractivity contribution in [2.24, 2.45) is 0 Å². The Labute approximate surface area is 150 Å². The number of hydrogen-bond donors (Lipinski definition) is 2. The van der Waals surface area contributed by atoms with Crippen molar-refractivity contribution in [3.05, 3.63) is 58.0 Å². The lowest BCUT2D eigenvalue weighted by Crippen LogP contribution is -2.27. The first-order chi connectivity index (χ1) is 11.8. The molecule has 0 aliphatic heterocycles. The topological polar surface area (TPSA) is 97.3 Å². The zero-order valence-corrected chi connectivity index (χ0v) is 15.1. The first-order valence-electron chi connectivity index (χ1n) is 7.51. The van der Waals surface area contributed by atoms with E-state index in [2.05, 4.69) is 10.0 Å². The number of hydrogen-bond acceptors (Lipinski definition) is 4. The number of aromatic nitrogens is 1. The van der Waals surface area contributed by atoms with Gasteiger partial charge in [0.2, 0.25) is 15.9 Å². The Hall–Kier alpha value is -2.16. The highest BCUT2D eigenvalue weighted by Gasteiger charge is 2.13. The molecule has 0 aliphatic rings. The standard InChI is InChI=1S/C16H18ClN3O4S/c1-12(21)19-14-4-6-15(7-5-14)25(23,24)18-9-2-10-20-11-13(17)3-8-16(20)22/h3-8,11,18H,2,9-10H2,1H3,(H,19,21). The normalized spacial score (nSPS) is 11.3. The van der Waals surface area contributed by atoms with Crippen LogP contribution < -0.4 is 15.6 Å². The SMILES string of the molecule is CC(=O)Nc1ccc(S(=O)(=O)NCCCn2cc(Cl)ccc2=O)cc1. The smallest absolute Gasteiger partial charge is 0.250 e. The minimum atomic E-state index is -3.65. The number of benzene rings is 1. The third-order valence-electron chi connectivity index (χ3n) is 3.30. The molecule has 0 fully saturated rings. The van der Waals surface area contributed by atoms with Crippen LogP contribution in [-0.4, -0.2) is 25.4 Å². The molecule has 1 amide bonds. The number of carbonyl (C=O) groups excluding carboxylic acids is 1. The fourth-order valence-corrected chi connectivity index (χ4v) is 3.39. The number of carbonyl (C=O) groups is 1. The summed E-state index contributed by atoms with van der Waals surface area (Å²) in [7, 11) is -3.65. The molecule has 0 spiro atoms. The van der Waals surface area contributed by atoms with Crippen molar-refractivity contribution in [3.63, 3.8) is 0 Å². The van der Waals surface area contributed by atoms with Gasteiger partial charge in [0, 0.05) is 38.0 Å². The van der Waals surface area contributed by atoms with Crippen LogP contribution in [0.2, 0.25) is 5.02 Å². The summed E-state index contributed by atoms with van der Waals surface area (Å²) in [5.41, 5.74) is 0.326. The number of amides is 1. The monoisotopic (exact) mass is 383 g/mol. The van der Waals surface area contributed by atoms with E-state index >= 15 is 0 Å². The highest BCUT2D eigenvalue weighted by molar-refractivity contribution is 7.89. The molecule has 7 nitrogen and oxygen atoms in total. The van der Waals surface area contributed by atoms with Crippen molar-refractivity contribution < 1.29 is 13.2 Å². The van der Waals surface area contributed by atoms with Crippen LogP contribution in [0.25, 0.3) is 0 Å². The molecule has 2 aromatic rings. The van der Waals surface area contributed by atoms with E-state index in [1.165, 1.54) is 54.1 Å². The highest BCUT2D eigenvalue weighted by atomic mass is 35.5. The Balaban J connectivity index is 1.92. The van der Waals surface area contributed by atoms with Gasteiger partial charge in [0.1, 0.15) is 0 Å². The number of halogens is 1. The second-order valence-corrected chi connectivity index (χ2v) is 7.54. The van der Waals surface area contributed by atoms with Gasteiger partial charge in [-0.3, -0.25) is 9.59 Å². The second-order valence-electron chi connectivity index (χ2n) is 5.34. The Morgan fingerprint density at radius 2 is 1.84 bits per heavy atom. The van der Waals surface area contributed by atoms with E-state index in [4.69, 9.17) is 11.6 Å². The summed E-state index contributed by atoms with van der Waals surface area (Å²) in [5.74, 6) is -0.231. The van der Waals surface area contributed by atoms with Crippen LogP contribution in [0.3, 0.4) is 0 Å². The lowest BCUT2D eigenvalue weighted by Gasteiger charge is -2.09. The van der Waals surface area contributed by atoms with Gasteiger partial charge in [-0.25, -0.2) is 13.1 Å². The van der Waals surface area contributed by atoms with E-state index in [0.717, 1.165) is 0 Å². The van der Waals surface area contributed by atoms with Gasteiger partial charge in [-0.1, -0.05) is 11.6 Å². The quantitative estimate of drug-likeness (QED) is 0.713. The zero-order chi connectivity index (χ0) is 18.4. The summed E-state index contributed by atoms with van der Waals surface area (Å²) >= 11 is 5.83. The van der Waals surface area contributed by atoms with E-state index in [-0.39, 0.29) is 22.9 Å². The van der Waals surface area contributed by atoms with Crippen molar-refractivity contribution in [3.8, 4) is 0 Å². The maximum atomic E-state index is 12.2. The third-order valence-corrected chi connectivity index (χ3v) is 5.00. The predicted octanol–water partition coefficient (Wildman–Crippen LogP) is 1.83. The lowest BCUT2D eigenvalue weighted by molar-refractivity contribution is -0.114. The molecule has 2 rings (SSSR count). The van der Waals surface area contributed by atoms with Gasteiger partial charge >= 0.3 is 0 Å². The van der Waals surface area contributed by atoms with Gasteiger partial charge < -0.3 is 9.88 Å². The van der Waals surface area contributed by atoms with Crippen molar-refractivity contribution in [1.82, 2.24) is 9.29 Å². The van der Waals surface area contributed by atoms with Crippen molar-refractivity contribution in [2.75, 3.05) is 11.9 Å². The van der Waals surface area contributed by atoms with Crippen LogP contribution in [0.5, 0.6) is 0 Å². The number of rotatable bonds is 7. The Bertz CT molecular complexity index is 908. The van der Waals surface area contributed by atoms with Gasteiger partial charge in [0.15, 0.2) is 0 Å². The number of anilines is 1. The fraction of sp³-hybridized carbons (Fsp3) is 0.250. The van der Waals surface area contributed by atoms with Gasteiger partial charge in [0.25, 0.3) is 5.56 Å². The molecule has 0 radical (unpaired) electrons. The Kier molecular flexibility index (Phi) is 6.35. The van der Waals surface area contributed by atoms with E-state index < -0.39 is 10.0 Å². The first kappa shape index (κ1) is 19.2. The van der Waals surface area contributed by atoms with E-state index in [1.54, 1.807) is 0 Å². The zero-order valence-electron chi connectivity index (χ0n) is 13.5. The molecule has 25 heavy (non-hydrogen) atoms. The maximum absolute atomic E-state index is 12.2. The predicted molar refractivity (Wildman–Crippen MR) is 96.3 cm³/mol. The van der Waals surface area contributed by atoms with Crippen LogP contribution >= 0.6 is 11.6 Å².